The van der Waals surface area contributed by atoms with Crippen LogP contribution in [0.1, 0.15) is 10.4 Å². The van der Waals surface area contributed by atoms with Crippen molar-refractivity contribution in [2.24, 2.45) is 0 Å². The van der Waals surface area contributed by atoms with Gasteiger partial charge >= 0.3 is 0 Å². The van der Waals surface area contributed by atoms with Gasteiger partial charge in [0.25, 0.3) is 0 Å². The van der Waals surface area contributed by atoms with Gasteiger partial charge in [0.15, 0.2) is 7.85 Å². The molecule has 0 atom stereocenters. The second-order valence-corrected chi connectivity index (χ2v) is 2.26. The van der Waals surface area contributed by atoms with Gasteiger partial charge in [-0.2, -0.15) is 0 Å². The molecule has 0 unspecified atom stereocenters. The topological polar surface area (TPSA) is 26.3 Å². The Morgan fingerprint density at radius 1 is 1.45 bits per heavy atom. The summed E-state index contributed by atoms with van der Waals surface area (Å²) in [6.07, 6.45) is 0. The minimum atomic E-state index is 0.0300. The van der Waals surface area contributed by atoms with Crippen LogP contribution >= 0.6 is 0 Å². The lowest BCUT2D eigenvalue weighted by Crippen LogP contribution is -2.00. The summed E-state index contributed by atoms with van der Waals surface area (Å²) in [7, 11) is 3.08. The molecule has 0 N–H and O–H groups in total. The fourth-order valence-corrected chi connectivity index (χ4v) is 0.935. The molecular formula is C8H9BO2. The van der Waals surface area contributed by atoms with Crippen LogP contribution < -0.4 is 4.74 Å². The monoisotopic (exact) mass is 148 g/mol. The van der Waals surface area contributed by atoms with E-state index in [2.05, 4.69) is 0 Å². The third kappa shape index (κ3) is 1.61. The van der Waals surface area contributed by atoms with Gasteiger partial charge in [0.1, 0.15) is 11.4 Å². The smallest absolute Gasteiger partial charge is 0.193 e. The Kier molecular flexibility index (Phi) is 2.31. The van der Waals surface area contributed by atoms with E-state index in [1.54, 1.807) is 19.2 Å². The van der Waals surface area contributed by atoms with E-state index >= 15 is 0 Å². The highest BCUT2D eigenvalue weighted by Gasteiger charge is 2.04. The third-order valence-electron chi connectivity index (χ3n) is 1.49. The van der Waals surface area contributed by atoms with E-state index in [0.717, 1.165) is 0 Å². The van der Waals surface area contributed by atoms with Crippen molar-refractivity contribution in [1.82, 2.24) is 0 Å². The lowest BCUT2D eigenvalue weighted by molar-refractivity contribution is 0.107. The molecule has 0 saturated carbocycles. The standard InChI is InChI=1S/C8H9BO2/c1-11-7-5-3-2-4-6(7)8(9)10/h2-5H,9H2,1H3. The molecule has 0 aliphatic carbocycles. The van der Waals surface area contributed by atoms with Crippen LogP contribution in [-0.4, -0.2) is 20.6 Å². The summed E-state index contributed by atoms with van der Waals surface area (Å²) in [4.78, 5) is 10.9. The van der Waals surface area contributed by atoms with E-state index in [-0.39, 0.29) is 5.68 Å². The van der Waals surface area contributed by atoms with Crippen LogP contribution in [0.4, 0.5) is 0 Å². The highest BCUT2D eigenvalue weighted by Crippen LogP contribution is 2.16. The van der Waals surface area contributed by atoms with Crippen molar-refractivity contribution in [3.05, 3.63) is 29.8 Å². The van der Waals surface area contributed by atoms with Crippen molar-refractivity contribution in [1.29, 1.82) is 0 Å². The first-order valence-corrected chi connectivity index (χ1v) is 3.39. The van der Waals surface area contributed by atoms with Crippen LogP contribution in [0.25, 0.3) is 0 Å². The minimum Gasteiger partial charge on any atom is -0.496 e. The van der Waals surface area contributed by atoms with Crippen LogP contribution in [0.2, 0.25) is 0 Å². The molecule has 1 aromatic carbocycles. The molecule has 0 heterocycles. The Labute approximate surface area is 66.6 Å². The molecule has 2 nitrogen and oxygen atoms in total. The molecule has 0 fully saturated rings. The summed E-state index contributed by atoms with van der Waals surface area (Å²) in [5.74, 6) is 0.639. The molecule has 0 amide bonds. The third-order valence-corrected chi connectivity index (χ3v) is 1.49. The summed E-state index contributed by atoms with van der Waals surface area (Å²) in [5, 5.41) is 0. The lowest BCUT2D eigenvalue weighted by Gasteiger charge is -2.03. The maximum atomic E-state index is 10.9. The van der Waals surface area contributed by atoms with Gasteiger partial charge in [-0.3, -0.25) is 0 Å². The van der Waals surface area contributed by atoms with Gasteiger partial charge in [0.2, 0.25) is 0 Å². The first kappa shape index (κ1) is 7.86. The highest BCUT2D eigenvalue weighted by atomic mass is 16.5. The summed E-state index contributed by atoms with van der Waals surface area (Å²) >= 11 is 0. The Balaban J connectivity index is 3.12. The summed E-state index contributed by atoms with van der Waals surface area (Å²) in [6.45, 7) is 0. The van der Waals surface area contributed by atoms with Gasteiger partial charge < -0.3 is 9.53 Å². The maximum Gasteiger partial charge on any atom is 0.193 e. The average molecular weight is 148 g/mol. The Hall–Kier alpha value is -1.25. The van der Waals surface area contributed by atoms with Gasteiger partial charge in [-0.15, -0.1) is 0 Å². The van der Waals surface area contributed by atoms with Crippen molar-refractivity contribution >= 4 is 13.5 Å². The number of carbonyl (C=O) groups is 1. The number of rotatable bonds is 2. The molecule has 0 saturated heterocycles. The Morgan fingerprint density at radius 2 is 2.09 bits per heavy atom. The molecule has 0 bridgehead atoms. The van der Waals surface area contributed by atoms with Gasteiger partial charge in [-0.05, 0) is 12.1 Å². The van der Waals surface area contributed by atoms with E-state index < -0.39 is 0 Å². The molecule has 1 rings (SSSR count). The van der Waals surface area contributed by atoms with Gasteiger partial charge in [-0.1, -0.05) is 12.1 Å². The van der Waals surface area contributed by atoms with Crippen molar-refractivity contribution in [3.63, 3.8) is 0 Å². The number of hydrogen-bond donors (Lipinski definition) is 0. The molecular weight excluding hydrogens is 139 g/mol. The number of para-hydroxylation sites is 1. The van der Waals surface area contributed by atoms with Crippen molar-refractivity contribution < 1.29 is 9.53 Å². The van der Waals surface area contributed by atoms with E-state index in [1.807, 2.05) is 12.1 Å². The lowest BCUT2D eigenvalue weighted by atomic mass is 9.94. The fourth-order valence-electron chi connectivity index (χ4n) is 0.935. The Bertz CT molecular complexity index is 271. The molecule has 0 aliphatic heterocycles. The highest BCUT2D eigenvalue weighted by molar-refractivity contribution is 6.62. The molecule has 0 aliphatic rings. The van der Waals surface area contributed by atoms with Crippen molar-refractivity contribution in [2.75, 3.05) is 7.11 Å². The first-order valence-electron chi connectivity index (χ1n) is 3.39. The maximum absolute atomic E-state index is 10.9. The number of hydrogen-bond acceptors (Lipinski definition) is 2. The van der Waals surface area contributed by atoms with E-state index in [4.69, 9.17) is 4.74 Å². The zero-order valence-electron chi connectivity index (χ0n) is 6.63. The molecule has 1 aromatic rings. The quantitative estimate of drug-likeness (QED) is 0.569. The summed E-state index contributed by atoms with van der Waals surface area (Å²) in [5.41, 5.74) is 0.664. The second kappa shape index (κ2) is 3.24. The van der Waals surface area contributed by atoms with E-state index in [0.29, 0.717) is 11.3 Å². The molecule has 0 radical (unpaired) electrons. The molecule has 0 aromatic heterocycles. The van der Waals surface area contributed by atoms with Crippen LogP contribution in [0.5, 0.6) is 5.75 Å². The normalized spacial score (nSPS) is 9.18. The van der Waals surface area contributed by atoms with E-state index in [9.17, 15) is 4.79 Å². The molecule has 56 valence electrons. The number of carbonyl (C=O) groups excluding carboxylic acids is 1. The van der Waals surface area contributed by atoms with Crippen LogP contribution in [0.15, 0.2) is 24.3 Å². The SMILES string of the molecule is BC(=O)c1ccccc1OC. The zero-order chi connectivity index (χ0) is 8.27. The number of methoxy groups -OCH3 is 1. The second-order valence-electron chi connectivity index (χ2n) is 2.26. The molecule has 11 heavy (non-hydrogen) atoms. The minimum absolute atomic E-state index is 0.0300. The number of ether oxygens (including phenoxy) is 1. The molecule has 3 heteroatoms. The van der Waals surface area contributed by atoms with Gasteiger partial charge in [0, 0.05) is 5.56 Å². The van der Waals surface area contributed by atoms with E-state index in [1.165, 1.54) is 7.85 Å². The fraction of sp³-hybridized carbons (Fsp3) is 0.125. The Morgan fingerprint density at radius 3 is 2.55 bits per heavy atom. The summed E-state index contributed by atoms with van der Waals surface area (Å²) in [6, 6.07) is 7.18. The van der Waals surface area contributed by atoms with Crippen LogP contribution in [0, 0.1) is 0 Å². The van der Waals surface area contributed by atoms with Gasteiger partial charge in [-0.25, -0.2) is 0 Å². The predicted octanol–water partition coefficient (Wildman–Crippen LogP) is 0.468. The van der Waals surface area contributed by atoms with Crippen molar-refractivity contribution in [3.8, 4) is 5.75 Å². The summed E-state index contributed by atoms with van der Waals surface area (Å²) < 4.78 is 4.99. The number of benzene rings is 1. The predicted molar refractivity (Wildman–Crippen MR) is 45.9 cm³/mol. The van der Waals surface area contributed by atoms with Crippen LogP contribution in [-0.2, 0) is 0 Å². The van der Waals surface area contributed by atoms with Gasteiger partial charge in [0.05, 0.1) is 7.11 Å². The zero-order valence-corrected chi connectivity index (χ0v) is 6.63. The average Bonchev–Trinajstić information content (AvgIpc) is 2.04. The van der Waals surface area contributed by atoms with Crippen LogP contribution in [0.3, 0.4) is 0 Å². The largest absolute Gasteiger partial charge is 0.496 e. The van der Waals surface area contributed by atoms with Crippen molar-refractivity contribution in [2.45, 2.75) is 0 Å². The first-order chi connectivity index (χ1) is 5.25. The molecule has 0 spiro atoms.